The number of nitrogens with one attached hydrogen (secondary N) is 1. The highest BCUT2D eigenvalue weighted by Gasteiger charge is 2.08. The molecule has 0 bridgehead atoms. The van der Waals surface area contributed by atoms with E-state index in [-0.39, 0.29) is 12.3 Å². The molecule has 0 radical (unpaired) electrons. The molecule has 2 aromatic carbocycles. The lowest BCUT2D eigenvalue weighted by molar-refractivity contribution is 0.155. The highest BCUT2D eigenvalue weighted by Crippen LogP contribution is 2.17. The van der Waals surface area contributed by atoms with E-state index in [0.717, 1.165) is 22.9 Å². The van der Waals surface area contributed by atoms with Crippen molar-refractivity contribution < 1.29 is 13.9 Å². The molecule has 0 fully saturated rings. The largest absolute Gasteiger partial charge is 0.444 e. The van der Waals surface area contributed by atoms with Crippen molar-refractivity contribution in [1.82, 2.24) is 0 Å². The number of aryl methyl sites for hydroxylation is 1. The monoisotopic (exact) mass is 351 g/mol. The molecule has 0 aliphatic heterocycles. The van der Waals surface area contributed by atoms with Gasteiger partial charge in [0.05, 0.1) is 5.69 Å². The van der Waals surface area contributed by atoms with Crippen LogP contribution in [0.25, 0.3) is 0 Å². The number of alkyl halides is 1. The van der Waals surface area contributed by atoms with Gasteiger partial charge in [0.15, 0.2) is 0 Å². The van der Waals surface area contributed by atoms with Gasteiger partial charge in [-0.2, -0.15) is 0 Å². The van der Waals surface area contributed by atoms with Crippen molar-refractivity contribution in [2.75, 3.05) is 10.6 Å². The number of hydrogen-bond donors (Lipinski definition) is 1. The molecule has 0 heterocycles. The number of ether oxygens (including phenoxy) is 1. The normalized spacial score (nSPS) is 10.2. The Labute approximate surface area is 131 Å². The average molecular weight is 352 g/mol. The zero-order valence-electron chi connectivity index (χ0n) is 11.3. The zero-order chi connectivity index (χ0) is 15.1. The molecule has 0 spiro atoms. The van der Waals surface area contributed by atoms with E-state index in [1.54, 1.807) is 6.07 Å². The number of halogens is 2. The van der Waals surface area contributed by atoms with E-state index in [9.17, 15) is 9.18 Å². The maximum absolute atomic E-state index is 13.8. The van der Waals surface area contributed by atoms with Gasteiger partial charge in [0.25, 0.3) is 0 Å². The van der Waals surface area contributed by atoms with Crippen LogP contribution in [-0.2, 0) is 17.8 Å². The molecule has 21 heavy (non-hydrogen) atoms. The van der Waals surface area contributed by atoms with Crippen LogP contribution in [0.5, 0.6) is 0 Å². The first-order valence-electron chi connectivity index (χ1n) is 6.51. The van der Waals surface area contributed by atoms with E-state index < -0.39 is 11.9 Å². The number of hydrogen-bond acceptors (Lipinski definition) is 2. The molecule has 1 N–H and O–H groups in total. The fourth-order valence-corrected chi connectivity index (χ4v) is 2.25. The third-order valence-electron chi connectivity index (χ3n) is 2.87. The molecular weight excluding hydrogens is 337 g/mol. The summed E-state index contributed by atoms with van der Waals surface area (Å²) in [6, 6.07) is 14.0. The Kier molecular flexibility index (Phi) is 5.75. The summed E-state index contributed by atoms with van der Waals surface area (Å²) >= 11 is 3.30. The predicted molar refractivity (Wildman–Crippen MR) is 84.1 cm³/mol. The Morgan fingerprint density at radius 2 is 1.90 bits per heavy atom. The van der Waals surface area contributed by atoms with Gasteiger partial charge in [-0.05, 0) is 29.7 Å². The number of carbonyl (C=O) groups excluding carboxylic acids is 1. The Hall–Kier alpha value is -1.88. The first-order valence-corrected chi connectivity index (χ1v) is 7.63. The SMILES string of the molecule is O=C(Nc1ccc(CCBr)cc1F)OCc1ccccc1. The molecule has 0 saturated heterocycles. The van der Waals surface area contributed by atoms with Crippen molar-refractivity contribution >= 4 is 27.7 Å². The second kappa shape index (κ2) is 7.78. The number of benzene rings is 2. The van der Waals surface area contributed by atoms with Crippen LogP contribution in [0.15, 0.2) is 48.5 Å². The molecule has 1 amide bonds. The second-order valence-corrected chi connectivity index (χ2v) is 5.23. The van der Waals surface area contributed by atoms with Crippen LogP contribution in [0.1, 0.15) is 11.1 Å². The first-order chi connectivity index (χ1) is 10.2. The standard InChI is InChI=1S/C16H15BrFNO2/c17-9-8-12-6-7-15(14(18)10-12)19-16(20)21-11-13-4-2-1-3-5-13/h1-7,10H,8-9,11H2,(H,19,20). The Morgan fingerprint density at radius 1 is 1.14 bits per heavy atom. The number of anilines is 1. The molecular formula is C16H15BrFNO2. The van der Waals surface area contributed by atoms with Crippen LogP contribution in [0.4, 0.5) is 14.9 Å². The molecule has 0 unspecified atom stereocenters. The maximum atomic E-state index is 13.8. The van der Waals surface area contributed by atoms with Crippen LogP contribution in [0.2, 0.25) is 0 Å². The summed E-state index contributed by atoms with van der Waals surface area (Å²) in [6.07, 6.45) is 0.0568. The van der Waals surface area contributed by atoms with Crippen molar-refractivity contribution in [2.24, 2.45) is 0 Å². The minimum atomic E-state index is -0.675. The molecule has 0 aliphatic rings. The molecule has 0 saturated carbocycles. The van der Waals surface area contributed by atoms with Crippen LogP contribution in [0.3, 0.4) is 0 Å². The fraction of sp³-hybridized carbons (Fsp3) is 0.188. The van der Waals surface area contributed by atoms with Gasteiger partial charge in [-0.25, -0.2) is 9.18 Å². The quantitative estimate of drug-likeness (QED) is 0.804. The van der Waals surface area contributed by atoms with Crippen LogP contribution < -0.4 is 5.32 Å². The summed E-state index contributed by atoms with van der Waals surface area (Å²) in [4.78, 5) is 11.6. The third-order valence-corrected chi connectivity index (χ3v) is 3.26. The van der Waals surface area contributed by atoms with Gasteiger partial charge >= 0.3 is 6.09 Å². The van der Waals surface area contributed by atoms with Crippen molar-refractivity contribution in [3.05, 3.63) is 65.5 Å². The maximum Gasteiger partial charge on any atom is 0.412 e. The van der Waals surface area contributed by atoms with Gasteiger partial charge < -0.3 is 4.74 Å². The smallest absolute Gasteiger partial charge is 0.412 e. The van der Waals surface area contributed by atoms with Crippen molar-refractivity contribution in [2.45, 2.75) is 13.0 Å². The average Bonchev–Trinajstić information content (AvgIpc) is 2.49. The Morgan fingerprint density at radius 3 is 2.57 bits per heavy atom. The molecule has 0 aliphatic carbocycles. The van der Waals surface area contributed by atoms with E-state index in [4.69, 9.17) is 4.74 Å². The zero-order valence-corrected chi connectivity index (χ0v) is 12.9. The predicted octanol–water partition coefficient (Wildman–Crippen LogP) is 4.51. The fourth-order valence-electron chi connectivity index (χ4n) is 1.79. The molecule has 2 aromatic rings. The Balaban J connectivity index is 1.90. The molecule has 5 heteroatoms. The minimum absolute atomic E-state index is 0.117. The summed E-state index contributed by atoms with van der Waals surface area (Å²) in [5, 5.41) is 3.16. The van der Waals surface area contributed by atoms with Crippen LogP contribution in [0, 0.1) is 5.82 Å². The molecule has 0 atom stereocenters. The van der Waals surface area contributed by atoms with E-state index in [1.165, 1.54) is 12.1 Å². The third kappa shape index (κ3) is 4.86. The van der Waals surface area contributed by atoms with Gasteiger partial charge in [-0.1, -0.05) is 52.3 Å². The van der Waals surface area contributed by atoms with Gasteiger partial charge in [0, 0.05) is 5.33 Å². The lowest BCUT2D eigenvalue weighted by Gasteiger charge is -2.09. The number of amides is 1. The lowest BCUT2D eigenvalue weighted by Crippen LogP contribution is -2.14. The lowest BCUT2D eigenvalue weighted by atomic mass is 10.1. The first kappa shape index (κ1) is 15.5. The van der Waals surface area contributed by atoms with E-state index in [0.29, 0.717) is 0 Å². The highest BCUT2D eigenvalue weighted by molar-refractivity contribution is 9.09. The topological polar surface area (TPSA) is 38.3 Å². The highest BCUT2D eigenvalue weighted by atomic mass is 79.9. The summed E-state index contributed by atoms with van der Waals surface area (Å²) < 4.78 is 18.9. The van der Waals surface area contributed by atoms with Gasteiger partial charge in [-0.15, -0.1) is 0 Å². The van der Waals surface area contributed by atoms with E-state index in [1.807, 2.05) is 30.3 Å². The summed E-state index contributed by atoms with van der Waals surface area (Å²) in [5.41, 5.74) is 1.86. The molecule has 110 valence electrons. The summed E-state index contributed by atoms with van der Waals surface area (Å²) in [7, 11) is 0. The molecule has 0 aromatic heterocycles. The summed E-state index contributed by atoms with van der Waals surface area (Å²) in [6.45, 7) is 0.149. The van der Waals surface area contributed by atoms with Crippen molar-refractivity contribution in [3.8, 4) is 0 Å². The van der Waals surface area contributed by atoms with E-state index in [2.05, 4.69) is 21.2 Å². The molecule has 2 rings (SSSR count). The second-order valence-electron chi connectivity index (χ2n) is 4.44. The molecule has 3 nitrogen and oxygen atoms in total. The van der Waals surface area contributed by atoms with Crippen LogP contribution >= 0.6 is 15.9 Å². The van der Waals surface area contributed by atoms with Crippen molar-refractivity contribution in [3.63, 3.8) is 0 Å². The minimum Gasteiger partial charge on any atom is -0.444 e. The number of rotatable bonds is 5. The van der Waals surface area contributed by atoms with Gasteiger partial charge in [0.1, 0.15) is 12.4 Å². The van der Waals surface area contributed by atoms with Crippen LogP contribution in [-0.4, -0.2) is 11.4 Å². The van der Waals surface area contributed by atoms with Crippen molar-refractivity contribution in [1.29, 1.82) is 0 Å². The number of carbonyl (C=O) groups is 1. The van der Waals surface area contributed by atoms with Gasteiger partial charge in [0.2, 0.25) is 0 Å². The Bertz CT molecular complexity index is 604. The van der Waals surface area contributed by atoms with E-state index >= 15 is 0 Å². The summed E-state index contributed by atoms with van der Waals surface area (Å²) in [5.74, 6) is -0.467. The van der Waals surface area contributed by atoms with Gasteiger partial charge in [-0.3, -0.25) is 5.32 Å².